The van der Waals surface area contributed by atoms with Crippen molar-refractivity contribution in [1.82, 2.24) is 0 Å². The molecule has 0 fully saturated rings. The summed E-state index contributed by atoms with van der Waals surface area (Å²) in [5.41, 5.74) is 0. The number of benzene rings is 1. The van der Waals surface area contributed by atoms with Gasteiger partial charge in [0, 0.05) is 0 Å². The van der Waals surface area contributed by atoms with Gasteiger partial charge in [-0.3, -0.25) is 0 Å². The predicted octanol–water partition coefficient (Wildman–Crippen LogP) is 2.29. The second kappa shape index (κ2) is 5.54. The van der Waals surface area contributed by atoms with Gasteiger partial charge in [0.15, 0.2) is 0 Å². The number of ether oxygens (including phenoxy) is 2. The molecule has 1 heterocycles. The first-order valence-electron chi connectivity index (χ1n) is 4.64. The molecular weight excluding hydrogens is 510 g/mol. The molecule has 1 aromatic carbocycles. The molecule has 1 aliphatic heterocycles. The molecule has 0 aromatic heterocycles. The van der Waals surface area contributed by atoms with E-state index in [9.17, 15) is 25.2 Å². The summed E-state index contributed by atoms with van der Waals surface area (Å²) in [4.78, 5) is 0. The summed E-state index contributed by atoms with van der Waals surface area (Å²) in [6.07, 6.45) is 0. The van der Waals surface area contributed by atoms with Crippen LogP contribution in [0.2, 0.25) is 0 Å². The zero-order valence-corrected chi connectivity index (χ0v) is 15.9. The Kier molecular flexibility index (Phi) is 5.11. The summed E-state index contributed by atoms with van der Waals surface area (Å²) in [7, 11) is -7.16. The molecule has 1 aliphatic rings. The average molecular weight is 518 g/mol. The zero-order valence-electron chi connectivity index (χ0n) is 9.91. The van der Waals surface area contributed by atoms with Crippen LogP contribution in [0.1, 0.15) is 0 Å². The third-order valence-corrected chi connectivity index (χ3v) is 17.9. The van der Waals surface area contributed by atoms with Gasteiger partial charge in [-0.1, -0.05) is 0 Å². The van der Waals surface area contributed by atoms with Gasteiger partial charge in [-0.15, -0.1) is 0 Å². The van der Waals surface area contributed by atoms with Crippen LogP contribution in [0.25, 0.3) is 0 Å². The van der Waals surface area contributed by atoms with Crippen LogP contribution in [0.5, 0.6) is 11.5 Å². The fraction of sp³-hybridized carbons (Fsp3) is 0.250. The first-order valence-corrected chi connectivity index (χ1v) is 17.0. The molecule has 12 heteroatoms. The Labute approximate surface area is 126 Å². The Morgan fingerprint density at radius 1 is 0.800 bits per heavy atom. The van der Waals surface area contributed by atoms with Crippen LogP contribution in [-0.4, -0.2) is 51.8 Å². The Hall–Kier alpha value is 0.388. The van der Waals surface area contributed by atoms with Crippen LogP contribution in [-0.2, 0) is 0 Å². The predicted molar refractivity (Wildman–Crippen MR) is 69.6 cm³/mol. The monoisotopic (exact) mass is 521 g/mol. The summed E-state index contributed by atoms with van der Waals surface area (Å²) < 4.78 is 72.8. The van der Waals surface area contributed by atoms with Gasteiger partial charge < -0.3 is 0 Å². The summed E-state index contributed by atoms with van der Waals surface area (Å²) >= 11 is 2.16. The average Bonchev–Trinajstić information content (AvgIpc) is 2.72. The Morgan fingerprint density at radius 2 is 1.10 bits per heavy atom. The molecule has 0 saturated heterocycles. The van der Waals surface area contributed by atoms with Crippen LogP contribution in [0, 0.1) is 0 Å². The molecule has 0 bridgehead atoms. The Balaban J connectivity index is 0.000000246. The van der Waals surface area contributed by atoms with Gasteiger partial charge in [-0.2, -0.15) is 0 Å². The summed E-state index contributed by atoms with van der Waals surface area (Å²) in [6, 6.07) is 4.05. The number of hydrogen-bond acceptors (Lipinski definition) is 2. The Bertz CT molecular complexity index is 464. The topological polar surface area (TPSA) is 18.5 Å². The fourth-order valence-electron chi connectivity index (χ4n) is 1.09. The Morgan fingerprint density at radius 3 is 1.35 bits per heavy atom. The number of hydrogen-bond donors (Lipinski definition) is 0. The number of fused-ring (bicyclic) bond motifs is 1. The van der Waals surface area contributed by atoms with Gasteiger partial charge in [-0.25, -0.2) is 0 Å². The molecule has 0 atom stereocenters. The van der Waals surface area contributed by atoms with E-state index in [1.54, 1.807) is 14.2 Å². The minimum atomic E-state index is -10.7. The van der Waals surface area contributed by atoms with Crippen molar-refractivity contribution in [3.63, 3.8) is 0 Å². The molecule has 118 valence electrons. The third-order valence-electron chi connectivity index (χ3n) is 1.71. The van der Waals surface area contributed by atoms with E-state index in [1.807, 2.05) is 12.1 Å². The van der Waals surface area contributed by atoms with E-state index in [2.05, 4.69) is 0 Å². The van der Waals surface area contributed by atoms with E-state index in [-0.39, 0.29) is 0 Å². The third kappa shape index (κ3) is 7.41. The van der Waals surface area contributed by atoms with E-state index in [1.165, 1.54) is 8.92 Å². The first-order chi connectivity index (χ1) is 8.81. The van der Waals surface area contributed by atoms with Crippen molar-refractivity contribution in [3.05, 3.63) is 12.1 Å². The number of rotatable bonds is 2. The van der Waals surface area contributed by atoms with Crippen molar-refractivity contribution >= 4 is 54.3 Å². The molecule has 0 radical (unpaired) electrons. The van der Waals surface area contributed by atoms with Crippen molar-refractivity contribution in [2.75, 3.05) is 14.2 Å². The van der Waals surface area contributed by atoms with Crippen molar-refractivity contribution in [2.24, 2.45) is 0 Å². The van der Waals surface area contributed by atoms with Crippen molar-refractivity contribution in [1.29, 1.82) is 0 Å². The van der Waals surface area contributed by atoms with Crippen LogP contribution < -0.4 is 18.4 Å². The summed E-state index contributed by atoms with van der Waals surface area (Å²) in [6.45, 7) is 0. The minimum absolute atomic E-state index is 0.669. The second-order valence-electron chi connectivity index (χ2n) is 3.32. The molecule has 0 saturated carbocycles. The van der Waals surface area contributed by atoms with Crippen LogP contribution >= 0.6 is 7.81 Å². The van der Waals surface area contributed by atoms with Crippen molar-refractivity contribution in [2.45, 2.75) is 0 Å². The normalized spacial score (nSPS) is 17.2. The van der Waals surface area contributed by atoms with Crippen LogP contribution in [0.15, 0.2) is 12.1 Å². The number of methoxy groups -OCH3 is 2. The zero-order chi connectivity index (χ0) is 15.7. The summed E-state index contributed by atoms with van der Waals surface area (Å²) in [5, 5.41) is 0. The van der Waals surface area contributed by atoms with Gasteiger partial charge in [0.1, 0.15) is 0 Å². The van der Waals surface area contributed by atoms with Crippen LogP contribution in [0.3, 0.4) is 0 Å². The standard InChI is InChI=1S/C8H8O2Se3.F6P/c1-9-5-3-4-6(10-2)8-7(5)11-13-12-8;1-7(2,3,4,5)6/h3-4H,1-2H3;/q;-1. The van der Waals surface area contributed by atoms with Gasteiger partial charge >= 0.3 is 127 Å². The molecule has 1 aromatic rings. The summed E-state index contributed by atoms with van der Waals surface area (Å²) in [5.74, 6) is 2.13. The van der Waals surface area contributed by atoms with Gasteiger partial charge in [0.2, 0.25) is 0 Å². The van der Waals surface area contributed by atoms with E-state index in [4.69, 9.17) is 9.47 Å². The molecule has 2 rings (SSSR count). The molecule has 0 unspecified atom stereocenters. The second-order valence-corrected chi connectivity index (χ2v) is 20.8. The van der Waals surface area contributed by atoms with Crippen molar-refractivity contribution in [3.8, 4) is 11.5 Å². The SMILES string of the molecule is COc1ccc(OC)c2c1[Se][Se][Se]2.F[P-](F)(F)(F)(F)F. The quantitative estimate of drug-likeness (QED) is 0.340. The fourth-order valence-corrected chi connectivity index (χ4v) is 22.0. The number of halogens is 6. The molecule has 2 nitrogen and oxygen atoms in total. The molecule has 0 spiro atoms. The molecular formula is C8H8F6O2PSe3-. The van der Waals surface area contributed by atoms with Gasteiger partial charge in [0.25, 0.3) is 0 Å². The van der Waals surface area contributed by atoms with E-state index < -0.39 is 7.81 Å². The van der Waals surface area contributed by atoms with E-state index >= 15 is 0 Å². The maximum absolute atomic E-state index is 10.7. The molecule has 0 amide bonds. The molecule has 20 heavy (non-hydrogen) atoms. The van der Waals surface area contributed by atoms with E-state index in [0.717, 1.165) is 22.8 Å². The van der Waals surface area contributed by atoms with E-state index in [0.29, 0.717) is 26.3 Å². The van der Waals surface area contributed by atoms with Gasteiger partial charge in [0.05, 0.1) is 0 Å². The maximum atomic E-state index is 9.87. The molecule has 0 N–H and O–H groups in total. The van der Waals surface area contributed by atoms with Gasteiger partial charge in [-0.05, 0) is 0 Å². The van der Waals surface area contributed by atoms with Crippen molar-refractivity contribution < 1.29 is 34.7 Å². The first kappa shape index (κ1) is 18.4. The van der Waals surface area contributed by atoms with Crippen LogP contribution in [0.4, 0.5) is 25.2 Å². The molecule has 0 aliphatic carbocycles.